The van der Waals surface area contributed by atoms with Crippen LogP contribution in [0.15, 0.2) is 62.8 Å². The Bertz CT molecular complexity index is 1740. The molecule has 1 aliphatic heterocycles. The van der Waals surface area contributed by atoms with E-state index in [2.05, 4.69) is 9.88 Å². The highest BCUT2D eigenvalue weighted by Crippen LogP contribution is 2.30. The minimum atomic E-state index is -3.97. The smallest absolute Gasteiger partial charge is 0.261 e. The van der Waals surface area contributed by atoms with E-state index in [0.29, 0.717) is 19.4 Å². The van der Waals surface area contributed by atoms with E-state index in [0.717, 1.165) is 6.42 Å². The number of nitrogens with zero attached hydrogens (tertiary/aromatic N) is 3. The number of amides is 1. The minimum absolute atomic E-state index is 0.00791. The second-order valence-electron chi connectivity index (χ2n) is 12.4. The number of aliphatic hydroxyl groups excluding tert-OH is 1. The fourth-order valence-corrected chi connectivity index (χ4v) is 8.15. The number of aromatic nitrogens is 1. The van der Waals surface area contributed by atoms with Crippen LogP contribution < -0.4 is 9.46 Å². The molecule has 4 rings (SSSR count). The third kappa shape index (κ3) is 8.74. The molecule has 1 aliphatic rings. The molecule has 15 heteroatoms. The van der Waals surface area contributed by atoms with Crippen LogP contribution >= 0.6 is 0 Å². The van der Waals surface area contributed by atoms with Crippen LogP contribution in [0.4, 0.5) is 5.69 Å². The summed E-state index contributed by atoms with van der Waals surface area (Å²) < 4.78 is 74.7. The van der Waals surface area contributed by atoms with E-state index < -0.39 is 44.0 Å². The Morgan fingerprint density at radius 1 is 1.08 bits per heavy atom. The average molecular weight is 707 g/mol. The lowest BCUT2D eigenvalue weighted by Crippen LogP contribution is -2.48. The summed E-state index contributed by atoms with van der Waals surface area (Å²) in [5, 5.41) is 14.0. The molecule has 3 aromatic rings. The molecule has 4 atom stereocenters. The molecule has 13 nitrogen and oxygen atoms in total. The summed E-state index contributed by atoms with van der Waals surface area (Å²) in [5.41, 5.74) is 0.545. The van der Waals surface area contributed by atoms with Crippen molar-refractivity contribution in [1.29, 1.82) is 0 Å². The molecular weight excluding hydrogens is 661 g/mol. The van der Waals surface area contributed by atoms with Gasteiger partial charge in [0, 0.05) is 38.3 Å². The summed E-state index contributed by atoms with van der Waals surface area (Å²) in [7, 11) is -6.45. The van der Waals surface area contributed by atoms with Gasteiger partial charge < -0.3 is 24.0 Å². The first-order chi connectivity index (χ1) is 22.6. The van der Waals surface area contributed by atoms with E-state index in [1.807, 2.05) is 13.8 Å². The molecule has 264 valence electrons. The van der Waals surface area contributed by atoms with E-state index in [4.69, 9.17) is 14.0 Å². The van der Waals surface area contributed by atoms with Gasteiger partial charge in [0.05, 0.1) is 35.3 Å². The van der Waals surface area contributed by atoms with Crippen molar-refractivity contribution in [3.05, 3.63) is 65.5 Å². The number of carbonyl (C=O) groups is 1. The Balaban J connectivity index is 1.69. The molecule has 0 radical (unpaired) electrons. The van der Waals surface area contributed by atoms with Gasteiger partial charge in [-0.25, -0.2) is 16.8 Å². The Kier molecular flexibility index (Phi) is 12.3. The Labute approximate surface area is 283 Å². The van der Waals surface area contributed by atoms with E-state index in [1.165, 1.54) is 34.5 Å². The van der Waals surface area contributed by atoms with Gasteiger partial charge in [0.25, 0.3) is 15.9 Å². The van der Waals surface area contributed by atoms with E-state index in [1.54, 1.807) is 51.1 Å². The van der Waals surface area contributed by atoms with Gasteiger partial charge in [-0.3, -0.25) is 9.52 Å². The van der Waals surface area contributed by atoms with Crippen LogP contribution in [0.3, 0.4) is 0 Å². The zero-order chi connectivity index (χ0) is 35.2. The predicted octanol–water partition coefficient (Wildman–Crippen LogP) is 4.21. The van der Waals surface area contributed by atoms with Gasteiger partial charge >= 0.3 is 0 Å². The van der Waals surface area contributed by atoms with Crippen LogP contribution in [0.25, 0.3) is 0 Å². The van der Waals surface area contributed by atoms with Gasteiger partial charge in [-0.2, -0.15) is 4.31 Å². The minimum Gasteiger partial charge on any atom is -0.490 e. The van der Waals surface area contributed by atoms with E-state index >= 15 is 0 Å². The number of carbonyl (C=O) groups excluding carboxylic acids is 1. The van der Waals surface area contributed by atoms with Crippen LogP contribution in [0.5, 0.6) is 5.75 Å². The molecule has 1 aromatic heterocycles. The van der Waals surface area contributed by atoms with Crippen molar-refractivity contribution in [2.24, 2.45) is 5.92 Å². The molecule has 0 fully saturated rings. The van der Waals surface area contributed by atoms with E-state index in [-0.39, 0.29) is 64.0 Å². The molecule has 1 amide bonds. The summed E-state index contributed by atoms with van der Waals surface area (Å²) in [6.07, 6.45) is 1.19. The number of hydrogen-bond acceptors (Lipinski definition) is 10. The molecule has 0 saturated heterocycles. The fourth-order valence-electron chi connectivity index (χ4n) is 5.61. The zero-order valence-electron chi connectivity index (χ0n) is 28.2. The highest BCUT2D eigenvalue weighted by Gasteiger charge is 2.34. The first kappa shape index (κ1) is 37.3. The highest BCUT2D eigenvalue weighted by atomic mass is 32.2. The topological polar surface area (TPSA) is 169 Å². The lowest BCUT2D eigenvalue weighted by atomic mass is 10.0. The largest absolute Gasteiger partial charge is 0.490 e. The van der Waals surface area contributed by atoms with Crippen molar-refractivity contribution in [3.63, 3.8) is 0 Å². The molecule has 0 saturated carbocycles. The number of sulfonamides is 2. The Morgan fingerprint density at radius 3 is 2.44 bits per heavy atom. The van der Waals surface area contributed by atoms with E-state index in [9.17, 15) is 26.7 Å². The van der Waals surface area contributed by atoms with Crippen molar-refractivity contribution in [2.45, 2.75) is 81.9 Å². The normalized spacial score (nSPS) is 20.9. The lowest BCUT2D eigenvalue weighted by molar-refractivity contribution is -0.00835. The van der Waals surface area contributed by atoms with Gasteiger partial charge in [0.2, 0.25) is 10.0 Å². The lowest BCUT2D eigenvalue weighted by Gasteiger charge is -2.35. The molecule has 2 aromatic carbocycles. The monoisotopic (exact) mass is 706 g/mol. The molecular formula is C33H46N4O9S2. The maximum atomic E-state index is 14.4. The van der Waals surface area contributed by atoms with Gasteiger partial charge in [-0.1, -0.05) is 30.3 Å². The number of likely N-dealkylation sites (N-methyl/N-ethyl adjacent to an activating group) is 1. The summed E-state index contributed by atoms with van der Waals surface area (Å²) in [6.45, 7) is 8.66. The van der Waals surface area contributed by atoms with Crippen molar-refractivity contribution < 1.29 is 40.7 Å². The quantitative estimate of drug-likeness (QED) is 0.329. The standard InChI is InChI=1S/C33H46N4O9S2/c1-22-19-37(23(2)21-38)33(39)29-18-27(35-47(40,41)28-13-8-7-9-14-28)15-16-30(29)45-24(3)12-10-11-17-44-31(22)20-36(6)48(42,43)32-25(4)34-46-26(32)5/h7-9,13-16,18,22-24,31,35,38H,10-12,17,19-21H2,1-6H3/t22-,23-,24+,31-/m0/s1. The maximum Gasteiger partial charge on any atom is 0.261 e. The molecule has 0 bridgehead atoms. The second kappa shape index (κ2) is 15.8. The molecule has 48 heavy (non-hydrogen) atoms. The van der Waals surface area contributed by atoms with Crippen molar-refractivity contribution in [2.75, 3.05) is 38.1 Å². The van der Waals surface area contributed by atoms with Crippen LogP contribution in [0.2, 0.25) is 0 Å². The molecule has 0 spiro atoms. The molecule has 0 aliphatic carbocycles. The third-order valence-electron chi connectivity index (χ3n) is 8.43. The molecule has 2 N–H and O–H groups in total. The summed E-state index contributed by atoms with van der Waals surface area (Å²) in [6, 6.07) is 11.8. The number of nitrogens with one attached hydrogen (secondary N) is 1. The second-order valence-corrected chi connectivity index (χ2v) is 16.0. The number of aliphatic hydroxyl groups is 1. The molecule has 2 heterocycles. The Morgan fingerprint density at radius 2 is 1.79 bits per heavy atom. The number of anilines is 1. The first-order valence-corrected chi connectivity index (χ1v) is 18.9. The van der Waals surface area contributed by atoms with Gasteiger partial charge in [0.1, 0.15) is 16.3 Å². The SMILES string of the molecule is Cc1noc(C)c1S(=O)(=O)N(C)C[C@@H]1OCCCC[C@@H](C)Oc2ccc(NS(=O)(=O)c3ccccc3)cc2C(=O)N([C@@H](C)CO)C[C@@H]1C. The van der Waals surface area contributed by atoms with Crippen LogP contribution in [0.1, 0.15) is 61.8 Å². The third-order valence-corrected chi connectivity index (χ3v) is 11.9. The van der Waals surface area contributed by atoms with Crippen molar-refractivity contribution in [3.8, 4) is 5.75 Å². The first-order valence-electron chi connectivity index (χ1n) is 16.0. The Hall–Kier alpha value is -3.50. The summed E-state index contributed by atoms with van der Waals surface area (Å²) in [5.74, 6) is -0.406. The highest BCUT2D eigenvalue weighted by molar-refractivity contribution is 7.92. The fraction of sp³-hybridized carbons (Fsp3) is 0.515. The summed E-state index contributed by atoms with van der Waals surface area (Å²) in [4.78, 5) is 15.9. The number of fused-ring (bicyclic) bond motifs is 1. The van der Waals surface area contributed by atoms with Gasteiger partial charge in [-0.05, 0) is 77.3 Å². The number of benzene rings is 2. The van der Waals surface area contributed by atoms with Crippen LogP contribution in [-0.4, -0.2) is 93.8 Å². The number of rotatable bonds is 9. The summed E-state index contributed by atoms with van der Waals surface area (Å²) >= 11 is 0. The number of hydrogen-bond donors (Lipinski definition) is 2. The number of aryl methyl sites for hydroxylation is 2. The molecule has 0 unspecified atom stereocenters. The number of ether oxygens (including phenoxy) is 2. The van der Waals surface area contributed by atoms with Crippen molar-refractivity contribution in [1.82, 2.24) is 14.4 Å². The maximum absolute atomic E-state index is 14.4. The average Bonchev–Trinajstić information content (AvgIpc) is 3.40. The van der Waals surface area contributed by atoms with Crippen LogP contribution in [-0.2, 0) is 24.8 Å². The van der Waals surface area contributed by atoms with Crippen LogP contribution in [0, 0.1) is 19.8 Å². The van der Waals surface area contributed by atoms with Gasteiger partial charge in [0.15, 0.2) is 5.76 Å². The zero-order valence-corrected chi connectivity index (χ0v) is 29.9. The van der Waals surface area contributed by atoms with Gasteiger partial charge in [-0.15, -0.1) is 0 Å². The predicted molar refractivity (Wildman–Crippen MR) is 180 cm³/mol. The van der Waals surface area contributed by atoms with Crippen molar-refractivity contribution >= 4 is 31.6 Å².